The Morgan fingerprint density at radius 2 is 2.43 bits per heavy atom. The molecule has 4 nitrogen and oxygen atoms in total. The number of amides is 1. The van der Waals surface area contributed by atoms with Crippen molar-refractivity contribution in [2.75, 3.05) is 7.05 Å². The van der Waals surface area contributed by atoms with Crippen LogP contribution in [0.15, 0.2) is 0 Å². The fourth-order valence-electron chi connectivity index (χ4n) is 2.05. The van der Waals surface area contributed by atoms with E-state index in [1.807, 2.05) is 6.92 Å². The van der Waals surface area contributed by atoms with Gasteiger partial charge in [-0.2, -0.15) is 0 Å². The minimum atomic E-state index is 0.118. The van der Waals surface area contributed by atoms with Crippen LogP contribution in [-0.4, -0.2) is 22.9 Å². The van der Waals surface area contributed by atoms with Gasteiger partial charge in [-0.1, -0.05) is 0 Å². The average molecular weight is 193 g/mol. The molecule has 0 saturated carbocycles. The first-order valence-corrected chi connectivity index (χ1v) is 4.96. The standard InChI is InChI=1S/C10H15N3O/c1-6-12-8-4-3-7(10(14)11-2)5-9(8)13-6/h7H,3-5H2,1-2H3,(H,11,14)(H,12,13). The molecule has 1 aliphatic carbocycles. The lowest BCUT2D eigenvalue weighted by molar-refractivity contribution is -0.124. The van der Waals surface area contributed by atoms with E-state index in [2.05, 4.69) is 15.3 Å². The van der Waals surface area contributed by atoms with E-state index in [0.29, 0.717) is 0 Å². The highest BCUT2D eigenvalue weighted by Gasteiger charge is 2.25. The van der Waals surface area contributed by atoms with Crippen LogP contribution in [0.1, 0.15) is 23.6 Å². The lowest BCUT2D eigenvalue weighted by atomic mass is 9.89. The van der Waals surface area contributed by atoms with Gasteiger partial charge in [-0.15, -0.1) is 0 Å². The Morgan fingerprint density at radius 3 is 3.14 bits per heavy atom. The third-order valence-corrected chi connectivity index (χ3v) is 2.78. The first-order valence-electron chi connectivity index (χ1n) is 4.96. The number of rotatable bonds is 1. The van der Waals surface area contributed by atoms with Gasteiger partial charge in [-0.05, 0) is 19.8 Å². The van der Waals surface area contributed by atoms with Gasteiger partial charge in [0.1, 0.15) is 5.82 Å². The largest absolute Gasteiger partial charge is 0.359 e. The van der Waals surface area contributed by atoms with E-state index in [4.69, 9.17) is 0 Å². The van der Waals surface area contributed by atoms with Crippen molar-refractivity contribution < 1.29 is 4.79 Å². The van der Waals surface area contributed by atoms with Crippen molar-refractivity contribution in [2.24, 2.45) is 5.92 Å². The summed E-state index contributed by atoms with van der Waals surface area (Å²) in [6.45, 7) is 1.95. The number of carbonyl (C=O) groups excluding carboxylic acids is 1. The van der Waals surface area contributed by atoms with E-state index in [0.717, 1.165) is 36.5 Å². The van der Waals surface area contributed by atoms with Crippen LogP contribution in [0.5, 0.6) is 0 Å². The molecule has 1 aromatic rings. The summed E-state index contributed by atoms with van der Waals surface area (Å²) in [7, 11) is 1.69. The van der Waals surface area contributed by atoms with Crippen LogP contribution >= 0.6 is 0 Å². The second-order valence-electron chi connectivity index (χ2n) is 3.80. The summed E-state index contributed by atoms with van der Waals surface area (Å²) in [5.74, 6) is 1.21. The number of fused-ring (bicyclic) bond motifs is 1. The maximum absolute atomic E-state index is 11.4. The third-order valence-electron chi connectivity index (χ3n) is 2.78. The smallest absolute Gasteiger partial charge is 0.223 e. The van der Waals surface area contributed by atoms with Gasteiger partial charge in [-0.25, -0.2) is 4.98 Å². The molecule has 1 atom stereocenters. The number of aromatic amines is 1. The molecule has 1 aromatic heterocycles. The van der Waals surface area contributed by atoms with Crippen molar-refractivity contribution in [1.82, 2.24) is 15.3 Å². The second kappa shape index (κ2) is 3.44. The van der Waals surface area contributed by atoms with E-state index in [9.17, 15) is 4.79 Å². The van der Waals surface area contributed by atoms with Gasteiger partial charge in [0.25, 0.3) is 0 Å². The van der Waals surface area contributed by atoms with Crippen molar-refractivity contribution in [3.63, 3.8) is 0 Å². The van der Waals surface area contributed by atoms with Crippen LogP contribution in [0.25, 0.3) is 0 Å². The molecule has 0 saturated heterocycles. The Kier molecular flexibility index (Phi) is 2.27. The lowest BCUT2D eigenvalue weighted by Gasteiger charge is -2.19. The lowest BCUT2D eigenvalue weighted by Crippen LogP contribution is -2.31. The second-order valence-corrected chi connectivity index (χ2v) is 3.80. The van der Waals surface area contributed by atoms with Crippen LogP contribution in [0, 0.1) is 12.8 Å². The molecule has 2 N–H and O–H groups in total. The van der Waals surface area contributed by atoms with E-state index < -0.39 is 0 Å². The Bertz CT molecular complexity index is 356. The van der Waals surface area contributed by atoms with Crippen LogP contribution in [0.2, 0.25) is 0 Å². The molecular weight excluding hydrogens is 178 g/mol. The number of hydrogen-bond donors (Lipinski definition) is 2. The van der Waals surface area contributed by atoms with Crippen molar-refractivity contribution >= 4 is 5.91 Å². The van der Waals surface area contributed by atoms with Gasteiger partial charge in [0, 0.05) is 25.1 Å². The molecule has 0 aliphatic heterocycles. The van der Waals surface area contributed by atoms with Gasteiger partial charge < -0.3 is 10.3 Å². The fraction of sp³-hybridized carbons (Fsp3) is 0.600. The van der Waals surface area contributed by atoms with Crippen molar-refractivity contribution in [2.45, 2.75) is 26.2 Å². The molecule has 0 aromatic carbocycles. The number of nitrogens with zero attached hydrogens (tertiary/aromatic N) is 1. The SMILES string of the molecule is CNC(=O)C1CCc2nc(C)[nH]c2C1. The Labute approximate surface area is 83.1 Å². The van der Waals surface area contributed by atoms with Gasteiger partial charge in [-0.3, -0.25) is 4.79 Å². The molecule has 4 heteroatoms. The molecular formula is C10H15N3O. The zero-order valence-corrected chi connectivity index (χ0v) is 8.55. The first-order chi connectivity index (χ1) is 6.70. The highest BCUT2D eigenvalue weighted by atomic mass is 16.1. The molecule has 1 heterocycles. The third kappa shape index (κ3) is 1.52. The highest BCUT2D eigenvalue weighted by Crippen LogP contribution is 2.23. The van der Waals surface area contributed by atoms with Crippen LogP contribution in [0.3, 0.4) is 0 Å². The summed E-state index contributed by atoms with van der Waals surface area (Å²) in [6.07, 6.45) is 2.63. The number of aryl methyl sites for hydroxylation is 2. The summed E-state index contributed by atoms with van der Waals surface area (Å²) in [5.41, 5.74) is 2.28. The molecule has 0 bridgehead atoms. The first kappa shape index (κ1) is 9.24. The average Bonchev–Trinajstić information content (AvgIpc) is 2.55. The van der Waals surface area contributed by atoms with Gasteiger partial charge in [0.2, 0.25) is 5.91 Å². The van der Waals surface area contributed by atoms with Gasteiger partial charge >= 0.3 is 0 Å². The topological polar surface area (TPSA) is 57.8 Å². The molecule has 1 aliphatic rings. The zero-order valence-electron chi connectivity index (χ0n) is 8.55. The maximum atomic E-state index is 11.4. The van der Waals surface area contributed by atoms with Crippen LogP contribution < -0.4 is 5.32 Å². The number of imidazole rings is 1. The minimum Gasteiger partial charge on any atom is -0.359 e. The monoisotopic (exact) mass is 193 g/mol. The van der Waals surface area contributed by atoms with Gasteiger partial charge in [0.05, 0.1) is 5.69 Å². The Morgan fingerprint density at radius 1 is 1.64 bits per heavy atom. The number of nitrogens with one attached hydrogen (secondary N) is 2. The number of hydrogen-bond acceptors (Lipinski definition) is 2. The predicted octanol–water partition coefficient (Wildman–Crippen LogP) is 0.569. The normalized spacial score (nSPS) is 20.3. The van der Waals surface area contributed by atoms with Crippen molar-refractivity contribution in [1.29, 1.82) is 0 Å². The van der Waals surface area contributed by atoms with E-state index in [1.165, 1.54) is 0 Å². The highest BCUT2D eigenvalue weighted by molar-refractivity contribution is 5.78. The molecule has 76 valence electrons. The van der Waals surface area contributed by atoms with Crippen LogP contribution in [0.4, 0.5) is 0 Å². The molecule has 14 heavy (non-hydrogen) atoms. The summed E-state index contributed by atoms with van der Waals surface area (Å²) < 4.78 is 0. The number of H-pyrrole nitrogens is 1. The van der Waals surface area contributed by atoms with E-state index in [-0.39, 0.29) is 11.8 Å². The zero-order chi connectivity index (χ0) is 10.1. The Balaban J connectivity index is 2.16. The summed E-state index contributed by atoms with van der Waals surface area (Å²) in [5, 5.41) is 2.70. The summed E-state index contributed by atoms with van der Waals surface area (Å²) >= 11 is 0. The maximum Gasteiger partial charge on any atom is 0.223 e. The molecule has 0 radical (unpaired) electrons. The minimum absolute atomic E-state index is 0.118. The summed E-state index contributed by atoms with van der Waals surface area (Å²) in [6, 6.07) is 0. The molecule has 1 unspecified atom stereocenters. The quantitative estimate of drug-likeness (QED) is 0.685. The van der Waals surface area contributed by atoms with Crippen molar-refractivity contribution in [3.8, 4) is 0 Å². The van der Waals surface area contributed by atoms with Gasteiger partial charge in [0.15, 0.2) is 0 Å². The fourth-order valence-corrected chi connectivity index (χ4v) is 2.05. The molecule has 2 rings (SSSR count). The molecule has 0 spiro atoms. The van der Waals surface area contributed by atoms with E-state index in [1.54, 1.807) is 7.05 Å². The molecule has 0 fully saturated rings. The van der Waals surface area contributed by atoms with Crippen molar-refractivity contribution in [3.05, 3.63) is 17.2 Å². The Hall–Kier alpha value is -1.32. The number of carbonyl (C=O) groups is 1. The number of aromatic nitrogens is 2. The predicted molar refractivity (Wildman–Crippen MR) is 52.9 cm³/mol. The van der Waals surface area contributed by atoms with Crippen LogP contribution in [-0.2, 0) is 17.6 Å². The summed E-state index contributed by atoms with van der Waals surface area (Å²) in [4.78, 5) is 19.0. The van der Waals surface area contributed by atoms with E-state index >= 15 is 0 Å². The molecule has 1 amide bonds.